The number of amides is 2. The highest BCUT2D eigenvalue weighted by Crippen LogP contribution is 2.28. The van der Waals surface area contributed by atoms with E-state index in [9.17, 15) is 9.59 Å². The average Bonchev–Trinajstić information content (AvgIpc) is 2.85. The molecule has 0 saturated carbocycles. The number of carbonyl (C=O) groups is 2. The Bertz CT molecular complexity index is 1090. The van der Waals surface area contributed by atoms with Gasteiger partial charge in [-0.2, -0.15) is 0 Å². The Morgan fingerprint density at radius 3 is 2.24 bits per heavy atom. The van der Waals surface area contributed by atoms with Crippen LogP contribution in [0.5, 0.6) is 5.75 Å². The second-order valence-corrected chi connectivity index (χ2v) is 8.17. The summed E-state index contributed by atoms with van der Waals surface area (Å²) in [5, 5.41) is 5.92. The lowest BCUT2D eigenvalue weighted by Crippen LogP contribution is -2.31. The summed E-state index contributed by atoms with van der Waals surface area (Å²) in [6, 6.07) is 22.4. The molecule has 1 aliphatic rings. The number of anilines is 3. The summed E-state index contributed by atoms with van der Waals surface area (Å²) < 4.78 is 5.19. The van der Waals surface area contributed by atoms with Gasteiger partial charge in [-0.05, 0) is 67.3 Å². The molecule has 2 amide bonds. The maximum Gasteiger partial charge on any atom is 0.257 e. The first kappa shape index (κ1) is 22.4. The number of ether oxygens (including phenoxy) is 1. The highest BCUT2D eigenvalue weighted by atomic mass is 16.5. The molecule has 170 valence electrons. The molecular formula is C27H29N3O3. The van der Waals surface area contributed by atoms with Crippen molar-refractivity contribution in [3.8, 4) is 5.75 Å². The number of piperidine rings is 1. The fourth-order valence-corrected chi connectivity index (χ4v) is 4.07. The van der Waals surface area contributed by atoms with Crippen molar-refractivity contribution < 1.29 is 14.3 Å². The fourth-order valence-electron chi connectivity index (χ4n) is 4.07. The summed E-state index contributed by atoms with van der Waals surface area (Å²) in [6.07, 6.45) is 3.70. The van der Waals surface area contributed by atoms with Crippen molar-refractivity contribution in [2.75, 3.05) is 35.7 Å². The third-order valence-corrected chi connectivity index (χ3v) is 5.78. The summed E-state index contributed by atoms with van der Waals surface area (Å²) in [4.78, 5) is 28.1. The van der Waals surface area contributed by atoms with Crippen LogP contribution in [0.1, 0.15) is 35.2 Å². The molecule has 0 unspecified atom stereocenters. The van der Waals surface area contributed by atoms with Crippen molar-refractivity contribution in [2.24, 2.45) is 0 Å². The van der Waals surface area contributed by atoms with E-state index in [1.54, 1.807) is 25.3 Å². The standard InChI is InChI=1S/C27H29N3O3/c1-33-23-13-10-21(11-14-23)29-27(32)24-19-22(12-15-25(24)30-16-6-3-7-17-30)28-26(31)18-20-8-4-2-5-9-20/h2,4-5,8-15,19H,3,6-7,16-18H2,1H3,(H,28,31)(H,29,32). The van der Waals surface area contributed by atoms with Gasteiger partial charge in [0, 0.05) is 30.2 Å². The molecule has 1 saturated heterocycles. The van der Waals surface area contributed by atoms with Crippen LogP contribution in [0.2, 0.25) is 0 Å². The molecule has 0 aliphatic carbocycles. The number of benzene rings is 3. The number of hydrogen-bond donors (Lipinski definition) is 2. The molecule has 0 spiro atoms. The van der Waals surface area contributed by atoms with E-state index in [0.29, 0.717) is 16.9 Å². The van der Waals surface area contributed by atoms with Crippen LogP contribution in [-0.2, 0) is 11.2 Å². The lowest BCUT2D eigenvalue weighted by molar-refractivity contribution is -0.115. The van der Waals surface area contributed by atoms with E-state index in [-0.39, 0.29) is 18.2 Å². The zero-order valence-corrected chi connectivity index (χ0v) is 18.8. The summed E-state index contributed by atoms with van der Waals surface area (Å²) in [5.74, 6) is 0.401. The van der Waals surface area contributed by atoms with Gasteiger partial charge in [0.05, 0.1) is 19.1 Å². The first-order valence-corrected chi connectivity index (χ1v) is 11.3. The van der Waals surface area contributed by atoms with Crippen LogP contribution in [0, 0.1) is 0 Å². The van der Waals surface area contributed by atoms with Crippen molar-refractivity contribution in [2.45, 2.75) is 25.7 Å². The second kappa shape index (κ2) is 10.7. The molecule has 6 nitrogen and oxygen atoms in total. The largest absolute Gasteiger partial charge is 0.497 e. The molecule has 6 heteroatoms. The zero-order chi connectivity index (χ0) is 23.0. The number of nitrogens with zero attached hydrogens (tertiary/aromatic N) is 1. The van der Waals surface area contributed by atoms with E-state index >= 15 is 0 Å². The van der Waals surface area contributed by atoms with Crippen molar-refractivity contribution >= 4 is 28.9 Å². The van der Waals surface area contributed by atoms with E-state index in [0.717, 1.165) is 42.9 Å². The average molecular weight is 444 g/mol. The van der Waals surface area contributed by atoms with E-state index in [1.165, 1.54) is 6.42 Å². The summed E-state index contributed by atoms with van der Waals surface area (Å²) in [7, 11) is 1.61. The molecule has 1 aliphatic heterocycles. The highest BCUT2D eigenvalue weighted by Gasteiger charge is 2.20. The van der Waals surface area contributed by atoms with Gasteiger partial charge >= 0.3 is 0 Å². The first-order chi connectivity index (χ1) is 16.1. The number of hydrogen-bond acceptors (Lipinski definition) is 4. The minimum absolute atomic E-state index is 0.117. The lowest BCUT2D eigenvalue weighted by Gasteiger charge is -2.30. The van der Waals surface area contributed by atoms with Crippen LogP contribution in [0.25, 0.3) is 0 Å². The quantitative estimate of drug-likeness (QED) is 0.532. The zero-order valence-electron chi connectivity index (χ0n) is 18.8. The third-order valence-electron chi connectivity index (χ3n) is 5.78. The summed E-state index contributed by atoms with van der Waals surface area (Å²) >= 11 is 0. The van der Waals surface area contributed by atoms with Crippen LogP contribution in [0.4, 0.5) is 17.1 Å². The van der Waals surface area contributed by atoms with Crippen LogP contribution < -0.4 is 20.3 Å². The molecule has 3 aromatic rings. The Hall–Kier alpha value is -3.80. The molecule has 0 atom stereocenters. The Morgan fingerprint density at radius 1 is 0.848 bits per heavy atom. The fraction of sp³-hybridized carbons (Fsp3) is 0.259. The Labute approximate surface area is 194 Å². The summed E-state index contributed by atoms with van der Waals surface area (Å²) in [6.45, 7) is 1.84. The van der Waals surface area contributed by atoms with E-state index in [2.05, 4.69) is 15.5 Å². The maximum atomic E-state index is 13.3. The monoisotopic (exact) mass is 443 g/mol. The number of carbonyl (C=O) groups excluding carboxylic acids is 2. The van der Waals surface area contributed by atoms with Gasteiger partial charge in [0.1, 0.15) is 5.75 Å². The lowest BCUT2D eigenvalue weighted by atomic mass is 10.1. The van der Waals surface area contributed by atoms with Crippen molar-refractivity contribution in [1.82, 2.24) is 0 Å². The third kappa shape index (κ3) is 5.92. The smallest absolute Gasteiger partial charge is 0.257 e. The van der Waals surface area contributed by atoms with Gasteiger partial charge in [0.15, 0.2) is 0 Å². The Kier molecular flexibility index (Phi) is 7.25. The molecule has 1 fully saturated rings. The number of methoxy groups -OCH3 is 1. The Balaban J connectivity index is 1.55. The number of rotatable bonds is 7. The SMILES string of the molecule is COc1ccc(NC(=O)c2cc(NC(=O)Cc3ccccc3)ccc2N2CCCCC2)cc1. The van der Waals surface area contributed by atoms with Gasteiger partial charge in [-0.1, -0.05) is 30.3 Å². The molecule has 0 bridgehead atoms. The minimum atomic E-state index is -0.208. The molecule has 0 radical (unpaired) electrons. The van der Waals surface area contributed by atoms with Gasteiger partial charge in [-0.15, -0.1) is 0 Å². The van der Waals surface area contributed by atoms with E-state index < -0.39 is 0 Å². The second-order valence-electron chi connectivity index (χ2n) is 8.17. The van der Waals surface area contributed by atoms with Crippen molar-refractivity contribution in [3.05, 3.63) is 83.9 Å². The van der Waals surface area contributed by atoms with E-state index in [4.69, 9.17) is 4.74 Å². The van der Waals surface area contributed by atoms with Crippen LogP contribution >= 0.6 is 0 Å². The van der Waals surface area contributed by atoms with Gasteiger partial charge in [0.25, 0.3) is 5.91 Å². The predicted molar refractivity (Wildman–Crippen MR) is 132 cm³/mol. The highest BCUT2D eigenvalue weighted by molar-refractivity contribution is 6.09. The predicted octanol–water partition coefficient (Wildman–Crippen LogP) is 5.12. The van der Waals surface area contributed by atoms with E-state index in [1.807, 2.05) is 54.6 Å². The molecule has 3 aromatic carbocycles. The molecular weight excluding hydrogens is 414 g/mol. The molecule has 1 heterocycles. The molecule has 0 aromatic heterocycles. The maximum absolute atomic E-state index is 13.3. The topological polar surface area (TPSA) is 70.7 Å². The number of nitrogens with one attached hydrogen (secondary N) is 2. The Morgan fingerprint density at radius 2 is 1.55 bits per heavy atom. The molecule has 33 heavy (non-hydrogen) atoms. The van der Waals surface area contributed by atoms with Crippen molar-refractivity contribution in [3.63, 3.8) is 0 Å². The van der Waals surface area contributed by atoms with Crippen LogP contribution in [0.15, 0.2) is 72.8 Å². The van der Waals surface area contributed by atoms with Gasteiger partial charge in [-0.25, -0.2) is 0 Å². The van der Waals surface area contributed by atoms with Crippen LogP contribution in [-0.4, -0.2) is 32.0 Å². The van der Waals surface area contributed by atoms with Gasteiger partial charge < -0.3 is 20.3 Å². The van der Waals surface area contributed by atoms with Crippen LogP contribution in [0.3, 0.4) is 0 Å². The summed E-state index contributed by atoms with van der Waals surface area (Å²) in [5.41, 5.74) is 3.67. The van der Waals surface area contributed by atoms with Gasteiger partial charge in [0.2, 0.25) is 5.91 Å². The van der Waals surface area contributed by atoms with Crippen molar-refractivity contribution in [1.29, 1.82) is 0 Å². The normalized spacial score (nSPS) is 13.3. The molecule has 4 rings (SSSR count). The molecule has 2 N–H and O–H groups in total. The first-order valence-electron chi connectivity index (χ1n) is 11.3. The van der Waals surface area contributed by atoms with Gasteiger partial charge in [-0.3, -0.25) is 9.59 Å². The minimum Gasteiger partial charge on any atom is -0.497 e.